The molecule has 22 heavy (non-hydrogen) atoms. The zero-order valence-corrected chi connectivity index (χ0v) is 13.0. The zero-order valence-electron chi connectivity index (χ0n) is 13.0. The number of ether oxygens (including phenoxy) is 2. The van der Waals surface area contributed by atoms with Crippen molar-refractivity contribution in [2.24, 2.45) is 11.6 Å². The minimum absolute atomic E-state index is 0.0285. The number of hydrogen-bond acceptors (Lipinski definition) is 6. The maximum atomic E-state index is 11.9. The molecule has 2 rings (SSSR count). The van der Waals surface area contributed by atoms with Crippen molar-refractivity contribution < 1.29 is 14.3 Å². The smallest absolute Gasteiger partial charge is 0.361 e. The summed E-state index contributed by atoms with van der Waals surface area (Å²) in [6, 6.07) is 5.75. The molecular weight excluding hydrogens is 282 g/mol. The molecule has 1 fully saturated rings. The summed E-state index contributed by atoms with van der Waals surface area (Å²) in [6.07, 6.45) is 3.58. The second kappa shape index (κ2) is 7.17. The summed E-state index contributed by atoms with van der Waals surface area (Å²) in [6.45, 7) is 4.19. The minimum atomic E-state index is -0.594. The molecule has 0 spiro atoms. The van der Waals surface area contributed by atoms with Crippen LogP contribution in [0.25, 0.3) is 0 Å². The van der Waals surface area contributed by atoms with Crippen LogP contribution in [0.15, 0.2) is 29.8 Å². The molecule has 1 aliphatic carbocycles. The molecule has 0 amide bonds. The van der Waals surface area contributed by atoms with E-state index in [0.717, 1.165) is 25.7 Å². The van der Waals surface area contributed by atoms with Crippen molar-refractivity contribution in [3.8, 4) is 5.75 Å². The molecule has 1 aromatic carbocycles. The normalized spacial score (nSPS) is 15.0. The number of hydrogen-bond donors (Lipinski definition) is 3. The largest absolute Gasteiger partial charge is 0.458 e. The van der Waals surface area contributed by atoms with Gasteiger partial charge in [-0.3, -0.25) is 5.84 Å². The Morgan fingerprint density at radius 1 is 1.27 bits per heavy atom. The van der Waals surface area contributed by atoms with Gasteiger partial charge < -0.3 is 20.6 Å². The number of carbonyl (C=O) groups is 1. The molecule has 0 aromatic heterocycles. The Morgan fingerprint density at radius 3 is 2.50 bits per heavy atom. The Labute approximate surface area is 130 Å². The number of nitrogens with one attached hydrogen (secondary N) is 1. The van der Waals surface area contributed by atoms with Gasteiger partial charge >= 0.3 is 5.97 Å². The Hall–Kier alpha value is -2.21. The van der Waals surface area contributed by atoms with Gasteiger partial charge in [-0.15, -0.1) is 0 Å². The van der Waals surface area contributed by atoms with Gasteiger partial charge in [0.05, 0.1) is 0 Å². The summed E-state index contributed by atoms with van der Waals surface area (Å²) in [4.78, 5) is 11.9. The third-order valence-corrected chi connectivity index (χ3v) is 3.56. The first-order chi connectivity index (χ1) is 10.6. The van der Waals surface area contributed by atoms with Crippen LogP contribution >= 0.6 is 0 Å². The molecule has 5 N–H and O–H groups in total. The number of aryl methyl sites for hydroxylation is 2. The van der Waals surface area contributed by atoms with Crippen LogP contribution in [0.3, 0.4) is 0 Å². The van der Waals surface area contributed by atoms with Crippen molar-refractivity contribution in [2.45, 2.75) is 45.6 Å². The number of nitrogens with two attached hydrogens (primary N) is 2. The van der Waals surface area contributed by atoms with E-state index < -0.39 is 5.97 Å². The highest BCUT2D eigenvalue weighted by molar-refractivity contribution is 5.88. The molecule has 0 aliphatic heterocycles. The molecule has 6 heteroatoms. The first kappa shape index (κ1) is 16.2. The van der Waals surface area contributed by atoms with Crippen LogP contribution in [0.2, 0.25) is 0 Å². The molecule has 0 radical (unpaired) electrons. The van der Waals surface area contributed by atoms with Crippen molar-refractivity contribution >= 4 is 5.97 Å². The predicted octanol–water partition coefficient (Wildman–Crippen LogP) is 1.49. The van der Waals surface area contributed by atoms with Crippen LogP contribution < -0.4 is 21.7 Å². The van der Waals surface area contributed by atoms with E-state index in [1.165, 1.54) is 11.1 Å². The van der Waals surface area contributed by atoms with Gasteiger partial charge in [0.2, 0.25) is 5.88 Å². The predicted molar refractivity (Wildman–Crippen MR) is 83.5 cm³/mol. The van der Waals surface area contributed by atoms with E-state index in [2.05, 4.69) is 19.3 Å². The number of esters is 1. The number of hydrazine groups is 1. The maximum absolute atomic E-state index is 11.9. The number of rotatable bonds is 7. The van der Waals surface area contributed by atoms with Gasteiger partial charge in [-0.25, -0.2) is 4.79 Å². The van der Waals surface area contributed by atoms with Gasteiger partial charge in [0.15, 0.2) is 5.70 Å². The maximum Gasteiger partial charge on any atom is 0.361 e. The average molecular weight is 305 g/mol. The van der Waals surface area contributed by atoms with E-state index in [1.807, 2.05) is 18.2 Å². The highest BCUT2D eigenvalue weighted by Crippen LogP contribution is 2.25. The molecule has 120 valence electrons. The highest BCUT2D eigenvalue weighted by atomic mass is 16.6. The van der Waals surface area contributed by atoms with E-state index in [-0.39, 0.29) is 17.7 Å². The molecule has 0 bridgehead atoms. The molecule has 0 heterocycles. The van der Waals surface area contributed by atoms with E-state index >= 15 is 0 Å². The SMILES string of the molecule is CCc1ccc(O/C(N)=C(/NN)C(=O)OC2CC2)cc1CC. The molecule has 1 saturated carbocycles. The Bertz CT molecular complexity index is 580. The monoisotopic (exact) mass is 305 g/mol. The Balaban J connectivity index is 2.15. The third kappa shape index (κ3) is 3.92. The van der Waals surface area contributed by atoms with Gasteiger partial charge in [-0.1, -0.05) is 19.9 Å². The quantitative estimate of drug-likeness (QED) is 0.232. The molecular formula is C16H23N3O3. The van der Waals surface area contributed by atoms with E-state index in [1.54, 1.807) is 0 Å². The summed E-state index contributed by atoms with van der Waals surface area (Å²) >= 11 is 0. The number of benzene rings is 1. The van der Waals surface area contributed by atoms with Crippen molar-refractivity contribution in [3.05, 3.63) is 40.9 Å². The summed E-state index contributed by atoms with van der Waals surface area (Å²) in [5.74, 6) is 5.23. The lowest BCUT2D eigenvalue weighted by molar-refractivity contribution is -0.140. The van der Waals surface area contributed by atoms with E-state index in [4.69, 9.17) is 21.1 Å². The second-order valence-corrected chi connectivity index (χ2v) is 5.23. The molecule has 6 nitrogen and oxygen atoms in total. The fourth-order valence-electron chi connectivity index (χ4n) is 2.14. The molecule has 0 atom stereocenters. The Morgan fingerprint density at radius 2 is 1.95 bits per heavy atom. The molecule has 1 aliphatic rings. The average Bonchev–Trinajstić information content (AvgIpc) is 3.31. The van der Waals surface area contributed by atoms with Crippen LogP contribution in [0.5, 0.6) is 5.75 Å². The highest BCUT2D eigenvalue weighted by Gasteiger charge is 2.28. The first-order valence-corrected chi connectivity index (χ1v) is 7.56. The fourth-order valence-corrected chi connectivity index (χ4v) is 2.14. The lowest BCUT2D eigenvalue weighted by Crippen LogP contribution is -2.33. The molecule has 0 unspecified atom stereocenters. The van der Waals surface area contributed by atoms with E-state index in [9.17, 15) is 4.79 Å². The van der Waals surface area contributed by atoms with Crippen LogP contribution in [-0.4, -0.2) is 12.1 Å². The topological polar surface area (TPSA) is 99.6 Å². The fraction of sp³-hybridized carbons (Fsp3) is 0.438. The van der Waals surface area contributed by atoms with Gasteiger partial charge in [-0.05, 0) is 48.9 Å². The van der Waals surface area contributed by atoms with Gasteiger partial charge in [0.25, 0.3) is 0 Å². The van der Waals surface area contributed by atoms with E-state index in [0.29, 0.717) is 5.75 Å². The van der Waals surface area contributed by atoms with Gasteiger partial charge in [-0.2, -0.15) is 0 Å². The molecule has 0 saturated heterocycles. The third-order valence-electron chi connectivity index (χ3n) is 3.56. The second-order valence-electron chi connectivity index (χ2n) is 5.23. The van der Waals surface area contributed by atoms with Crippen LogP contribution in [0.1, 0.15) is 37.8 Å². The van der Waals surface area contributed by atoms with Crippen molar-refractivity contribution in [1.29, 1.82) is 0 Å². The summed E-state index contributed by atoms with van der Waals surface area (Å²) in [7, 11) is 0. The van der Waals surface area contributed by atoms with Crippen molar-refractivity contribution in [2.75, 3.05) is 0 Å². The standard InChI is InChI=1S/C16H23N3O3/c1-3-10-5-6-13(9-11(10)4-2)21-15(17)14(19-18)16(20)22-12-7-8-12/h5-6,9,12,19H,3-4,7-8,17-18H2,1-2H3/b15-14+. The lowest BCUT2D eigenvalue weighted by atomic mass is 10.0. The zero-order chi connectivity index (χ0) is 16.1. The summed E-state index contributed by atoms with van der Waals surface area (Å²) in [5, 5.41) is 0. The lowest BCUT2D eigenvalue weighted by Gasteiger charge is -2.13. The summed E-state index contributed by atoms with van der Waals surface area (Å²) in [5.41, 5.74) is 10.5. The van der Waals surface area contributed by atoms with Gasteiger partial charge in [0, 0.05) is 0 Å². The van der Waals surface area contributed by atoms with Crippen molar-refractivity contribution in [3.63, 3.8) is 0 Å². The minimum Gasteiger partial charge on any atom is -0.458 e. The number of carbonyl (C=O) groups excluding carboxylic acids is 1. The molecule has 1 aromatic rings. The van der Waals surface area contributed by atoms with Crippen LogP contribution in [0, 0.1) is 0 Å². The van der Waals surface area contributed by atoms with Crippen molar-refractivity contribution in [1.82, 2.24) is 5.43 Å². The Kier molecular flexibility index (Phi) is 5.27. The van der Waals surface area contributed by atoms with Gasteiger partial charge in [0.1, 0.15) is 11.9 Å². The van der Waals surface area contributed by atoms with Crippen LogP contribution in [0.4, 0.5) is 0 Å². The van der Waals surface area contributed by atoms with Crippen LogP contribution in [-0.2, 0) is 22.4 Å². The first-order valence-electron chi connectivity index (χ1n) is 7.56. The summed E-state index contributed by atoms with van der Waals surface area (Å²) < 4.78 is 10.7.